The van der Waals surface area contributed by atoms with Gasteiger partial charge in [-0.3, -0.25) is 0 Å². The summed E-state index contributed by atoms with van der Waals surface area (Å²) in [5.41, 5.74) is 8.02. The first-order chi connectivity index (χ1) is 11.3. The van der Waals surface area contributed by atoms with Crippen molar-refractivity contribution in [2.24, 2.45) is 0 Å². The lowest BCUT2D eigenvalue weighted by molar-refractivity contribution is 0.0818. The predicted octanol–water partition coefficient (Wildman–Crippen LogP) is 4.33. The van der Waals surface area contributed by atoms with Crippen LogP contribution < -0.4 is 5.73 Å². The highest BCUT2D eigenvalue weighted by atomic mass is 28.3. The van der Waals surface area contributed by atoms with Crippen LogP contribution in [0.15, 0.2) is 35.1 Å². The summed E-state index contributed by atoms with van der Waals surface area (Å²) in [7, 11) is -1.15. The number of halogens is 1. The van der Waals surface area contributed by atoms with Crippen molar-refractivity contribution >= 4 is 24.7 Å². The van der Waals surface area contributed by atoms with Gasteiger partial charge in [0, 0.05) is 31.7 Å². The van der Waals surface area contributed by atoms with Gasteiger partial charge in [0.1, 0.15) is 18.2 Å². The molecule has 5 nitrogen and oxygen atoms in total. The first kappa shape index (κ1) is 16.7. The lowest BCUT2D eigenvalue weighted by Gasteiger charge is -2.15. The summed E-state index contributed by atoms with van der Waals surface area (Å²) in [6.45, 7) is 7.86. The number of nitrogens with two attached hydrogens (primary N) is 1. The van der Waals surface area contributed by atoms with Crippen molar-refractivity contribution in [3.63, 3.8) is 0 Å². The molecule has 2 heterocycles. The first-order valence-electron chi connectivity index (χ1n) is 7.91. The van der Waals surface area contributed by atoms with Gasteiger partial charge in [0.05, 0.1) is 23.7 Å². The van der Waals surface area contributed by atoms with Gasteiger partial charge in [-0.05, 0) is 18.2 Å². The van der Waals surface area contributed by atoms with Crippen LogP contribution in [-0.4, -0.2) is 24.5 Å². The van der Waals surface area contributed by atoms with Gasteiger partial charge in [-0.15, -0.1) is 0 Å². The summed E-state index contributed by atoms with van der Waals surface area (Å²) in [4.78, 5) is 0. The highest BCUT2D eigenvalue weighted by Gasteiger charge is 2.17. The molecular weight excluding hydrogens is 325 g/mol. The van der Waals surface area contributed by atoms with E-state index in [1.54, 1.807) is 23.3 Å². The van der Waals surface area contributed by atoms with Crippen molar-refractivity contribution in [3.05, 3.63) is 36.5 Å². The molecule has 24 heavy (non-hydrogen) atoms. The van der Waals surface area contributed by atoms with Gasteiger partial charge in [-0.25, -0.2) is 9.07 Å². The molecule has 1 aromatic carbocycles. The zero-order valence-electron chi connectivity index (χ0n) is 14.2. The van der Waals surface area contributed by atoms with E-state index in [0.717, 1.165) is 17.0 Å². The maximum Gasteiger partial charge on any atom is 0.148 e. The molecule has 0 bridgehead atoms. The van der Waals surface area contributed by atoms with Crippen LogP contribution in [0.25, 0.3) is 22.2 Å². The summed E-state index contributed by atoms with van der Waals surface area (Å²) in [5, 5.41) is 5.35. The molecule has 3 aromatic rings. The number of aromatic nitrogens is 2. The lowest BCUT2D eigenvalue weighted by atomic mass is 10.1. The molecule has 0 atom stereocenters. The molecular formula is C17H22FN3O2Si. The van der Waals surface area contributed by atoms with Crippen molar-refractivity contribution in [1.29, 1.82) is 0 Å². The summed E-state index contributed by atoms with van der Waals surface area (Å²) >= 11 is 0. The fourth-order valence-corrected chi connectivity index (χ4v) is 3.21. The number of rotatable bonds is 6. The molecule has 0 radical (unpaired) electrons. The number of nitrogen functional groups attached to an aromatic ring is 1. The van der Waals surface area contributed by atoms with Crippen LogP contribution in [0, 0.1) is 5.82 Å². The highest BCUT2D eigenvalue weighted by molar-refractivity contribution is 6.76. The zero-order valence-corrected chi connectivity index (χ0v) is 15.2. The smallest absolute Gasteiger partial charge is 0.148 e. The Morgan fingerprint density at radius 2 is 2.12 bits per heavy atom. The van der Waals surface area contributed by atoms with Crippen LogP contribution in [-0.2, 0) is 11.5 Å². The maximum atomic E-state index is 13.9. The van der Waals surface area contributed by atoms with Crippen LogP contribution in [0.4, 0.5) is 10.1 Å². The number of benzene rings is 1. The van der Waals surface area contributed by atoms with E-state index < -0.39 is 13.9 Å². The van der Waals surface area contributed by atoms with Gasteiger partial charge in [0.2, 0.25) is 0 Å². The number of furan rings is 1. The number of nitrogens with zero attached hydrogens (tertiary/aromatic N) is 2. The van der Waals surface area contributed by atoms with Gasteiger partial charge < -0.3 is 14.9 Å². The Morgan fingerprint density at radius 3 is 2.79 bits per heavy atom. The molecule has 0 aliphatic rings. The van der Waals surface area contributed by atoms with E-state index in [2.05, 4.69) is 24.7 Å². The quantitative estimate of drug-likeness (QED) is 0.409. The number of hydrogen-bond acceptors (Lipinski definition) is 4. The van der Waals surface area contributed by atoms with Crippen LogP contribution in [0.3, 0.4) is 0 Å². The summed E-state index contributed by atoms with van der Waals surface area (Å²) in [6, 6.07) is 5.90. The van der Waals surface area contributed by atoms with Gasteiger partial charge in [0.15, 0.2) is 0 Å². The van der Waals surface area contributed by atoms with E-state index in [0.29, 0.717) is 17.8 Å². The average Bonchev–Trinajstić information content (AvgIpc) is 3.12. The Balaban J connectivity index is 1.91. The molecule has 0 amide bonds. The van der Waals surface area contributed by atoms with Gasteiger partial charge in [-0.1, -0.05) is 19.6 Å². The monoisotopic (exact) mass is 347 g/mol. The molecule has 0 fully saturated rings. The predicted molar refractivity (Wildman–Crippen MR) is 95.9 cm³/mol. The Bertz CT molecular complexity index is 838. The molecule has 0 spiro atoms. The molecule has 0 unspecified atom stereocenters. The number of anilines is 1. The number of fused-ring (bicyclic) bond motifs is 1. The number of hydrogen-bond donors (Lipinski definition) is 1. The van der Waals surface area contributed by atoms with E-state index in [1.807, 2.05) is 6.07 Å². The van der Waals surface area contributed by atoms with Crippen molar-refractivity contribution in [2.75, 3.05) is 12.3 Å². The maximum absolute atomic E-state index is 13.9. The minimum atomic E-state index is -1.15. The van der Waals surface area contributed by atoms with Crippen LogP contribution in [0.1, 0.15) is 0 Å². The third-order valence-electron chi connectivity index (χ3n) is 3.87. The van der Waals surface area contributed by atoms with E-state index >= 15 is 0 Å². The van der Waals surface area contributed by atoms with E-state index in [9.17, 15) is 4.39 Å². The van der Waals surface area contributed by atoms with Crippen molar-refractivity contribution in [2.45, 2.75) is 32.4 Å². The molecule has 2 aromatic heterocycles. The minimum Gasteiger partial charge on any atom is -0.472 e. The van der Waals surface area contributed by atoms with Crippen LogP contribution in [0.5, 0.6) is 0 Å². The molecule has 0 saturated carbocycles. The third-order valence-corrected chi connectivity index (χ3v) is 5.58. The van der Waals surface area contributed by atoms with Gasteiger partial charge >= 0.3 is 0 Å². The zero-order chi connectivity index (χ0) is 17.3. The molecule has 7 heteroatoms. The van der Waals surface area contributed by atoms with Crippen molar-refractivity contribution in [1.82, 2.24) is 9.78 Å². The van der Waals surface area contributed by atoms with Gasteiger partial charge in [0.25, 0.3) is 0 Å². The SMILES string of the molecule is C[Si](C)(C)CCOCn1nc(-c2ccoc2)c2cc(N)c(F)cc21. The largest absolute Gasteiger partial charge is 0.472 e. The van der Waals surface area contributed by atoms with E-state index in [-0.39, 0.29) is 12.4 Å². The minimum absolute atomic E-state index is 0.103. The van der Waals surface area contributed by atoms with Crippen LogP contribution in [0.2, 0.25) is 25.7 Å². The Morgan fingerprint density at radius 1 is 1.33 bits per heavy atom. The van der Waals surface area contributed by atoms with Gasteiger partial charge in [-0.2, -0.15) is 5.10 Å². The molecule has 3 rings (SSSR count). The molecule has 128 valence electrons. The van der Waals surface area contributed by atoms with Crippen molar-refractivity contribution < 1.29 is 13.5 Å². The summed E-state index contributed by atoms with van der Waals surface area (Å²) in [6.07, 6.45) is 3.19. The summed E-state index contributed by atoms with van der Waals surface area (Å²) < 4.78 is 26.5. The fraction of sp³-hybridized carbons (Fsp3) is 0.353. The standard InChI is InChI=1S/C17H22FN3O2Si/c1-24(2,3)7-6-23-11-21-16-9-14(18)15(19)8-13(16)17(20-21)12-4-5-22-10-12/h4-5,8-10H,6-7,11,19H2,1-3H3. The highest BCUT2D eigenvalue weighted by Crippen LogP contribution is 2.31. The Hall–Kier alpha value is -2.12. The van der Waals surface area contributed by atoms with E-state index in [1.165, 1.54) is 6.07 Å². The normalized spacial score (nSPS) is 12.2. The second-order valence-corrected chi connectivity index (χ2v) is 12.7. The molecule has 2 N–H and O–H groups in total. The Labute approximate surface area is 141 Å². The molecule has 0 saturated heterocycles. The number of ether oxygens (including phenoxy) is 1. The van der Waals surface area contributed by atoms with E-state index in [4.69, 9.17) is 14.9 Å². The third kappa shape index (κ3) is 3.52. The molecule has 0 aliphatic carbocycles. The van der Waals surface area contributed by atoms with Crippen LogP contribution >= 0.6 is 0 Å². The topological polar surface area (TPSA) is 66.2 Å². The second kappa shape index (κ2) is 6.41. The lowest BCUT2D eigenvalue weighted by Crippen LogP contribution is -2.22. The summed E-state index contributed by atoms with van der Waals surface area (Å²) in [5.74, 6) is -0.454. The Kier molecular flexibility index (Phi) is 4.47. The fourth-order valence-electron chi connectivity index (χ4n) is 2.45. The average molecular weight is 347 g/mol. The van der Waals surface area contributed by atoms with Crippen molar-refractivity contribution in [3.8, 4) is 11.3 Å². The molecule has 0 aliphatic heterocycles. The first-order valence-corrected chi connectivity index (χ1v) is 11.6. The second-order valence-electron chi connectivity index (χ2n) is 7.10.